The minimum absolute atomic E-state index is 0.0807. The first-order valence-corrected chi connectivity index (χ1v) is 8.74. The van der Waals surface area contributed by atoms with Crippen LogP contribution in [0.3, 0.4) is 0 Å². The van der Waals surface area contributed by atoms with Crippen molar-refractivity contribution in [3.05, 3.63) is 29.8 Å². The van der Waals surface area contributed by atoms with Gasteiger partial charge in [-0.2, -0.15) is 12.6 Å². The van der Waals surface area contributed by atoms with Gasteiger partial charge in [-0.3, -0.25) is 0 Å². The molecule has 0 bridgehead atoms. The van der Waals surface area contributed by atoms with Crippen LogP contribution in [0.25, 0.3) is 0 Å². The Hall–Kier alpha value is -2.09. The van der Waals surface area contributed by atoms with Crippen LogP contribution < -0.4 is 4.74 Å². The highest BCUT2D eigenvalue weighted by atomic mass is 32.1. The van der Waals surface area contributed by atoms with Gasteiger partial charge in [0.05, 0.1) is 19.7 Å². The van der Waals surface area contributed by atoms with Crippen LogP contribution in [0.5, 0.6) is 5.75 Å². The fourth-order valence-electron chi connectivity index (χ4n) is 3.08. The maximum absolute atomic E-state index is 12.5. The minimum Gasteiger partial charge on any atom is -0.497 e. The summed E-state index contributed by atoms with van der Waals surface area (Å²) in [5, 5.41) is 0.0807. The normalized spacial score (nSPS) is 22.9. The Kier molecular flexibility index (Phi) is 5.57. The summed E-state index contributed by atoms with van der Waals surface area (Å²) in [6.07, 6.45) is 0.0175. The molecule has 136 valence electrons. The van der Waals surface area contributed by atoms with E-state index in [4.69, 9.17) is 14.2 Å². The van der Waals surface area contributed by atoms with Crippen LogP contribution in [-0.4, -0.2) is 66.6 Å². The summed E-state index contributed by atoms with van der Waals surface area (Å²) >= 11 is 4.49. The lowest BCUT2D eigenvalue weighted by Gasteiger charge is -2.26. The molecular formula is C17H22N2O5S. The highest BCUT2D eigenvalue weighted by molar-refractivity contribution is 7.81. The average Bonchev–Trinajstić information content (AvgIpc) is 3.19. The summed E-state index contributed by atoms with van der Waals surface area (Å²) in [4.78, 5) is 27.4. The number of thiol groups is 1. The molecule has 25 heavy (non-hydrogen) atoms. The molecule has 2 atom stereocenters. The summed E-state index contributed by atoms with van der Waals surface area (Å²) in [6.45, 7) is 2.11. The Morgan fingerprint density at radius 3 is 2.76 bits per heavy atom. The molecule has 3 rings (SSSR count). The van der Waals surface area contributed by atoms with Gasteiger partial charge >= 0.3 is 12.2 Å². The maximum Gasteiger partial charge on any atom is 0.410 e. The Morgan fingerprint density at radius 1 is 1.36 bits per heavy atom. The minimum atomic E-state index is -0.384. The Bertz CT molecular complexity index is 624. The van der Waals surface area contributed by atoms with Crippen molar-refractivity contribution in [2.75, 3.05) is 33.4 Å². The van der Waals surface area contributed by atoms with Crippen LogP contribution >= 0.6 is 12.6 Å². The second kappa shape index (κ2) is 7.86. The quantitative estimate of drug-likeness (QED) is 0.809. The molecule has 7 nitrogen and oxygen atoms in total. The molecule has 0 radical (unpaired) electrons. The SMILES string of the molecule is COc1ccc(COC(=O)N2C[C@@H](S)C[C@H]2CN2CCOC2=O)cc1. The van der Waals surface area contributed by atoms with E-state index in [1.807, 2.05) is 24.3 Å². The molecule has 0 aromatic heterocycles. The lowest BCUT2D eigenvalue weighted by molar-refractivity contribution is 0.0861. The highest BCUT2D eigenvalue weighted by Crippen LogP contribution is 2.25. The number of carbonyl (C=O) groups is 2. The van der Waals surface area contributed by atoms with Gasteiger partial charge < -0.3 is 24.0 Å². The number of hydrogen-bond donors (Lipinski definition) is 1. The first-order valence-electron chi connectivity index (χ1n) is 8.23. The van der Waals surface area contributed by atoms with Crippen LogP contribution in [0.2, 0.25) is 0 Å². The maximum atomic E-state index is 12.5. The van der Waals surface area contributed by atoms with E-state index < -0.39 is 0 Å². The van der Waals surface area contributed by atoms with Gasteiger partial charge in [0.25, 0.3) is 0 Å². The number of methoxy groups -OCH3 is 1. The molecule has 8 heteroatoms. The number of amides is 2. The third kappa shape index (κ3) is 4.31. The van der Waals surface area contributed by atoms with Crippen LogP contribution in [0.15, 0.2) is 24.3 Å². The summed E-state index contributed by atoms with van der Waals surface area (Å²) in [5.74, 6) is 0.755. The molecule has 1 aromatic carbocycles. The molecule has 0 saturated carbocycles. The number of hydrogen-bond acceptors (Lipinski definition) is 6. The summed E-state index contributed by atoms with van der Waals surface area (Å²) < 4.78 is 15.5. The molecular weight excluding hydrogens is 344 g/mol. The van der Waals surface area contributed by atoms with Crippen LogP contribution in [0.4, 0.5) is 9.59 Å². The van der Waals surface area contributed by atoms with E-state index in [0.29, 0.717) is 26.2 Å². The number of rotatable bonds is 5. The Labute approximate surface area is 152 Å². The first-order chi connectivity index (χ1) is 12.1. The van der Waals surface area contributed by atoms with Crippen LogP contribution in [-0.2, 0) is 16.1 Å². The summed E-state index contributed by atoms with van der Waals surface area (Å²) in [6, 6.07) is 7.26. The Morgan fingerprint density at radius 2 is 2.12 bits per heavy atom. The molecule has 2 aliphatic heterocycles. The predicted molar refractivity (Wildman–Crippen MR) is 94.0 cm³/mol. The molecule has 2 heterocycles. The van der Waals surface area contributed by atoms with Gasteiger partial charge in [0.1, 0.15) is 19.0 Å². The van der Waals surface area contributed by atoms with Crippen molar-refractivity contribution in [1.29, 1.82) is 0 Å². The second-order valence-electron chi connectivity index (χ2n) is 6.16. The van der Waals surface area contributed by atoms with Gasteiger partial charge in [-0.25, -0.2) is 9.59 Å². The molecule has 2 amide bonds. The van der Waals surface area contributed by atoms with E-state index in [0.717, 1.165) is 17.7 Å². The van der Waals surface area contributed by atoms with Gasteiger partial charge in [-0.1, -0.05) is 12.1 Å². The molecule has 1 aromatic rings. The van der Waals surface area contributed by atoms with E-state index in [-0.39, 0.29) is 30.1 Å². The highest BCUT2D eigenvalue weighted by Gasteiger charge is 2.37. The number of ether oxygens (including phenoxy) is 3. The molecule has 2 aliphatic rings. The zero-order valence-electron chi connectivity index (χ0n) is 14.1. The average molecular weight is 366 g/mol. The van der Waals surface area contributed by atoms with Crippen molar-refractivity contribution in [2.24, 2.45) is 0 Å². The predicted octanol–water partition coefficient (Wildman–Crippen LogP) is 2.16. The van der Waals surface area contributed by atoms with E-state index >= 15 is 0 Å². The smallest absolute Gasteiger partial charge is 0.410 e. The van der Waals surface area contributed by atoms with Crippen molar-refractivity contribution in [3.63, 3.8) is 0 Å². The third-order valence-electron chi connectivity index (χ3n) is 4.42. The van der Waals surface area contributed by atoms with Crippen molar-refractivity contribution in [1.82, 2.24) is 9.80 Å². The van der Waals surface area contributed by atoms with Gasteiger partial charge in [0.2, 0.25) is 0 Å². The fourth-order valence-corrected chi connectivity index (χ4v) is 3.50. The van der Waals surface area contributed by atoms with Crippen LogP contribution in [0, 0.1) is 0 Å². The number of nitrogens with zero attached hydrogens (tertiary/aromatic N) is 2. The van der Waals surface area contributed by atoms with Gasteiger partial charge in [0.15, 0.2) is 0 Å². The summed E-state index contributed by atoms with van der Waals surface area (Å²) in [5.41, 5.74) is 0.885. The number of benzene rings is 1. The van der Waals surface area contributed by atoms with Crippen LogP contribution in [0.1, 0.15) is 12.0 Å². The van der Waals surface area contributed by atoms with Crippen molar-refractivity contribution < 1.29 is 23.8 Å². The number of likely N-dealkylation sites (tertiary alicyclic amines) is 1. The molecule has 0 aliphatic carbocycles. The molecule has 2 fully saturated rings. The molecule has 0 N–H and O–H groups in total. The largest absolute Gasteiger partial charge is 0.497 e. The summed E-state index contributed by atoms with van der Waals surface area (Å²) in [7, 11) is 1.60. The van der Waals surface area contributed by atoms with Gasteiger partial charge in [0, 0.05) is 18.3 Å². The van der Waals surface area contributed by atoms with Crippen molar-refractivity contribution in [2.45, 2.75) is 24.3 Å². The van der Waals surface area contributed by atoms with E-state index in [2.05, 4.69) is 12.6 Å². The molecule has 0 unspecified atom stereocenters. The number of cyclic esters (lactones) is 1. The monoisotopic (exact) mass is 366 g/mol. The van der Waals surface area contributed by atoms with Gasteiger partial charge in [-0.05, 0) is 24.1 Å². The fraction of sp³-hybridized carbons (Fsp3) is 0.529. The molecule has 2 saturated heterocycles. The molecule has 0 spiro atoms. The topological polar surface area (TPSA) is 68.3 Å². The van der Waals surface area contributed by atoms with Crippen molar-refractivity contribution in [3.8, 4) is 5.75 Å². The number of carbonyl (C=O) groups excluding carboxylic acids is 2. The van der Waals surface area contributed by atoms with Gasteiger partial charge in [-0.15, -0.1) is 0 Å². The third-order valence-corrected chi connectivity index (χ3v) is 4.80. The van der Waals surface area contributed by atoms with E-state index in [1.165, 1.54) is 0 Å². The standard InChI is InChI=1S/C17H22N2O5S/c1-22-14-4-2-12(3-5-14)11-24-17(21)19-10-15(25)8-13(19)9-18-6-7-23-16(18)20/h2-5,13,15,25H,6-11H2,1H3/t13-,15-/m0/s1. The lowest BCUT2D eigenvalue weighted by Crippen LogP contribution is -2.43. The Balaban J connectivity index is 1.56. The second-order valence-corrected chi connectivity index (χ2v) is 6.89. The van der Waals surface area contributed by atoms with E-state index in [9.17, 15) is 9.59 Å². The zero-order valence-corrected chi connectivity index (χ0v) is 15.0. The van der Waals surface area contributed by atoms with Crippen molar-refractivity contribution >= 4 is 24.8 Å². The lowest BCUT2D eigenvalue weighted by atomic mass is 10.2. The van der Waals surface area contributed by atoms with E-state index in [1.54, 1.807) is 16.9 Å². The zero-order chi connectivity index (χ0) is 17.8. The first kappa shape index (κ1) is 17.7.